The molecule has 7 heteroatoms. The summed E-state index contributed by atoms with van der Waals surface area (Å²) in [6, 6.07) is 18.3. The molecule has 0 saturated heterocycles. The predicted octanol–water partition coefficient (Wildman–Crippen LogP) is 3.82. The summed E-state index contributed by atoms with van der Waals surface area (Å²) in [5.74, 6) is 2.18. The fourth-order valence-electron chi connectivity index (χ4n) is 3.11. The molecule has 0 aliphatic carbocycles. The lowest BCUT2D eigenvalue weighted by Gasteiger charge is -2.37. The zero-order valence-corrected chi connectivity index (χ0v) is 15.2. The van der Waals surface area contributed by atoms with Gasteiger partial charge >= 0.3 is 0 Å². The number of amidine groups is 1. The van der Waals surface area contributed by atoms with E-state index in [0.29, 0.717) is 28.6 Å². The van der Waals surface area contributed by atoms with Gasteiger partial charge in [0.05, 0.1) is 30.6 Å². The molecule has 0 fully saturated rings. The number of methoxy groups -OCH3 is 1. The summed E-state index contributed by atoms with van der Waals surface area (Å²) in [6.45, 7) is 0.240. The molecule has 2 heterocycles. The van der Waals surface area contributed by atoms with Gasteiger partial charge in [0.15, 0.2) is 0 Å². The minimum Gasteiger partial charge on any atom is -0.497 e. The lowest BCUT2D eigenvalue weighted by atomic mass is 10.1. The number of nitrogens with one attached hydrogen (secondary N) is 2. The van der Waals surface area contributed by atoms with Crippen LogP contribution >= 0.6 is 0 Å². The standard InChI is InChI=1S/C21H18N4O3/c1-26-16-7-5-15(6-8-16)25-19(24-21-18(20(25)23)9-10-27-21)13-28-17-4-2-3-14(11-17)12-22/h2-11,19,23-24H,13H2,1H3. The van der Waals surface area contributed by atoms with E-state index in [0.717, 1.165) is 11.4 Å². The lowest BCUT2D eigenvalue weighted by molar-refractivity contribution is 0.296. The van der Waals surface area contributed by atoms with E-state index in [4.69, 9.17) is 24.6 Å². The number of furan rings is 1. The number of benzene rings is 2. The van der Waals surface area contributed by atoms with Gasteiger partial charge in [-0.15, -0.1) is 0 Å². The summed E-state index contributed by atoms with van der Waals surface area (Å²) >= 11 is 0. The monoisotopic (exact) mass is 374 g/mol. The number of ether oxygens (including phenoxy) is 2. The smallest absolute Gasteiger partial charge is 0.205 e. The highest BCUT2D eigenvalue weighted by Crippen LogP contribution is 2.31. The zero-order valence-electron chi connectivity index (χ0n) is 15.2. The highest BCUT2D eigenvalue weighted by atomic mass is 16.5. The van der Waals surface area contributed by atoms with Crippen LogP contribution in [-0.2, 0) is 0 Å². The van der Waals surface area contributed by atoms with E-state index >= 15 is 0 Å². The molecule has 0 amide bonds. The van der Waals surface area contributed by atoms with E-state index in [-0.39, 0.29) is 12.8 Å². The lowest BCUT2D eigenvalue weighted by Crippen LogP contribution is -2.51. The Morgan fingerprint density at radius 3 is 2.75 bits per heavy atom. The SMILES string of the molecule is COc1ccc(N2C(=N)c3ccoc3NC2COc2cccc(C#N)c2)cc1. The average Bonchev–Trinajstić information content (AvgIpc) is 3.22. The molecule has 1 atom stereocenters. The van der Waals surface area contributed by atoms with E-state index < -0.39 is 0 Å². The Hall–Kier alpha value is -3.92. The van der Waals surface area contributed by atoms with E-state index in [1.165, 1.54) is 0 Å². The topological polar surface area (TPSA) is 94.5 Å². The van der Waals surface area contributed by atoms with Crippen molar-refractivity contribution in [3.63, 3.8) is 0 Å². The third-order valence-corrected chi connectivity index (χ3v) is 4.49. The number of nitriles is 1. The number of nitrogens with zero attached hydrogens (tertiary/aromatic N) is 2. The second-order valence-electron chi connectivity index (χ2n) is 6.19. The van der Waals surface area contributed by atoms with Crippen molar-refractivity contribution in [2.45, 2.75) is 6.17 Å². The molecule has 1 aliphatic heterocycles. The molecule has 4 rings (SSSR count). The van der Waals surface area contributed by atoms with Gasteiger partial charge < -0.3 is 24.1 Å². The molecule has 1 aromatic heterocycles. The summed E-state index contributed by atoms with van der Waals surface area (Å²) in [6.07, 6.45) is 1.18. The number of fused-ring (bicyclic) bond motifs is 1. The second-order valence-corrected chi connectivity index (χ2v) is 6.19. The van der Waals surface area contributed by atoms with Crippen LogP contribution in [0, 0.1) is 16.7 Å². The summed E-state index contributed by atoms with van der Waals surface area (Å²) in [7, 11) is 1.61. The Labute approximate surface area is 162 Å². The first-order valence-electron chi connectivity index (χ1n) is 8.69. The van der Waals surface area contributed by atoms with Crippen molar-refractivity contribution in [1.82, 2.24) is 0 Å². The molecule has 0 radical (unpaired) electrons. The van der Waals surface area contributed by atoms with Gasteiger partial charge in [0.25, 0.3) is 0 Å². The van der Waals surface area contributed by atoms with Crippen LogP contribution in [0.25, 0.3) is 0 Å². The van der Waals surface area contributed by atoms with Crippen LogP contribution in [-0.4, -0.2) is 25.7 Å². The molecular formula is C21H18N4O3. The number of hydrogen-bond donors (Lipinski definition) is 2. The van der Waals surface area contributed by atoms with E-state index in [2.05, 4.69) is 11.4 Å². The molecule has 7 nitrogen and oxygen atoms in total. The van der Waals surface area contributed by atoms with E-state index in [9.17, 15) is 0 Å². The Kier molecular flexibility index (Phi) is 4.60. The average molecular weight is 374 g/mol. The third-order valence-electron chi connectivity index (χ3n) is 4.49. The van der Waals surface area contributed by atoms with Gasteiger partial charge in [-0.2, -0.15) is 5.26 Å². The van der Waals surface area contributed by atoms with Crippen LogP contribution in [0.2, 0.25) is 0 Å². The molecule has 140 valence electrons. The highest BCUT2D eigenvalue weighted by Gasteiger charge is 2.33. The van der Waals surface area contributed by atoms with Crippen molar-refractivity contribution in [2.24, 2.45) is 0 Å². The van der Waals surface area contributed by atoms with Crippen LogP contribution in [0.5, 0.6) is 11.5 Å². The highest BCUT2D eigenvalue weighted by molar-refractivity contribution is 6.12. The number of hydrogen-bond acceptors (Lipinski definition) is 6. The molecule has 1 unspecified atom stereocenters. The van der Waals surface area contributed by atoms with Crippen molar-refractivity contribution >= 4 is 17.4 Å². The van der Waals surface area contributed by atoms with E-state index in [1.54, 1.807) is 43.7 Å². The van der Waals surface area contributed by atoms with Gasteiger partial charge in [-0.3, -0.25) is 5.41 Å². The Balaban J connectivity index is 1.62. The van der Waals surface area contributed by atoms with Crippen molar-refractivity contribution < 1.29 is 13.9 Å². The van der Waals surface area contributed by atoms with Crippen molar-refractivity contribution in [3.8, 4) is 17.6 Å². The minimum absolute atomic E-state index is 0.240. The summed E-state index contributed by atoms with van der Waals surface area (Å²) in [4.78, 5) is 1.84. The Bertz CT molecular complexity index is 1040. The van der Waals surface area contributed by atoms with Gasteiger partial charge in [0, 0.05) is 5.69 Å². The van der Waals surface area contributed by atoms with Crippen LogP contribution in [0.3, 0.4) is 0 Å². The maximum Gasteiger partial charge on any atom is 0.205 e. The van der Waals surface area contributed by atoms with Crippen LogP contribution in [0.15, 0.2) is 65.3 Å². The fourth-order valence-corrected chi connectivity index (χ4v) is 3.11. The summed E-state index contributed by atoms with van der Waals surface area (Å²) in [5, 5.41) is 21.0. The third kappa shape index (κ3) is 3.23. The molecule has 1 aliphatic rings. The Morgan fingerprint density at radius 1 is 1.18 bits per heavy atom. The van der Waals surface area contributed by atoms with Crippen molar-refractivity contribution in [3.05, 3.63) is 72.0 Å². The quantitative estimate of drug-likeness (QED) is 0.705. The van der Waals surface area contributed by atoms with Crippen LogP contribution < -0.4 is 19.7 Å². The fraction of sp³-hybridized carbons (Fsp3) is 0.143. The molecular weight excluding hydrogens is 356 g/mol. The van der Waals surface area contributed by atoms with Crippen LogP contribution in [0.4, 0.5) is 11.6 Å². The molecule has 3 aromatic rings. The van der Waals surface area contributed by atoms with Gasteiger partial charge in [-0.05, 0) is 48.5 Å². The van der Waals surface area contributed by atoms with Crippen molar-refractivity contribution in [1.29, 1.82) is 10.7 Å². The molecule has 28 heavy (non-hydrogen) atoms. The first-order valence-corrected chi connectivity index (χ1v) is 8.69. The molecule has 2 aromatic carbocycles. The van der Waals surface area contributed by atoms with Gasteiger partial charge in [-0.1, -0.05) is 6.07 Å². The number of rotatable bonds is 5. The largest absolute Gasteiger partial charge is 0.497 e. The summed E-state index contributed by atoms with van der Waals surface area (Å²) < 4.78 is 16.6. The Morgan fingerprint density at radius 2 is 2.00 bits per heavy atom. The molecule has 0 spiro atoms. The first-order chi connectivity index (χ1) is 13.7. The molecule has 2 N–H and O–H groups in total. The van der Waals surface area contributed by atoms with Gasteiger partial charge in [0.1, 0.15) is 30.1 Å². The maximum atomic E-state index is 9.06. The van der Waals surface area contributed by atoms with E-state index in [1.807, 2.05) is 29.2 Å². The normalized spacial score (nSPS) is 15.4. The maximum absolute atomic E-state index is 9.06. The molecule has 0 bridgehead atoms. The first kappa shape index (κ1) is 17.5. The van der Waals surface area contributed by atoms with Crippen LogP contribution in [0.1, 0.15) is 11.1 Å². The molecule has 0 saturated carbocycles. The summed E-state index contributed by atoms with van der Waals surface area (Å²) in [5.41, 5.74) is 2.03. The van der Waals surface area contributed by atoms with Gasteiger partial charge in [0.2, 0.25) is 5.88 Å². The predicted molar refractivity (Wildman–Crippen MR) is 105 cm³/mol. The number of anilines is 2. The van der Waals surface area contributed by atoms with Gasteiger partial charge in [-0.25, -0.2) is 0 Å². The van der Waals surface area contributed by atoms with Crippen molar-refractivity contribution in [2.75, 3.05) is 23.9 Å². The second kappa shape index (κ2) is 7.37. The zero-order chi connectivity index (χ0) is 19.5. The minimum atomic E-state index is -0.370.